The number of carbonyl (C=O) groups excluding carboxylic acids is 1. The number of hydrogen-bond donors (Lipinski definition) is 0. The number of piperidine rings is 1. The van der Waals surface area contributed by atoms with Crippen LogP contribution in [-0.4, -0.2) is 43.5 Å². The first-order valence-corrected chi connectivity index (χ1v) is 13.1. The molecular formula is C23H25F3N2O3S2. The van der Waals surface area contributed by atoms with Crippen molar-refractivity contribution in [1.82, 2.24) is 4.31 Å². The quantitative estimate of drug-likeness (QED) is 0.596. The topological polar surface area (TPSA) is 57.7 Å². The average Bonchev–Trinajstić information content (AvgIpc) is 2.96. The van der Waals surface area contributed by atoms with Gasteiger partial charge in [0.05, 0.1) is 16.1 Å². The first-order valence-electron chi connectivity index (χ1n) is 10.8. The molecule has 2 aliphatic rings. The van der Waals surface area contributed by atoms with Gasteiger partial charge in [-0.15, -0.1) is 11.8 Å². The normalized spacial score (nSPS) is 20.8. The molecule has 178 valence electrons. The van der Waals surface area contributed by atoms with E-state index in [2.05, 4.69) is 6.92 Å². The van der Waals surface area contributed by atoms with E-state index >= 15 is 0 Å². The number of nitrogens with zero attached hydrogens (tertiary/aromatic N) is 2. The zero-order valence-electron chi connectivity index (χ0n) is 18.1. The summed E-state index contributed by atoms with van der Waals surface area (Å²) in [6, 6.07) is 12.0. The molecular weight excluding hydrogens is 473 g/mol. The van der Waals surface area contributed by atoms with Crippen molar-refractivity contribution >= 4 is 33.4 Å². The Morgan fingerprint density at radius 2 is 1.61 bits per heavy atom. The lowest BCUT2D eigenvalue weighted by molar-refractivity contribution is -0.139. The number of thioether (sulfide) groups is 1. The maximum Gasteiger partial charge on any atom is 0.417 e. The fourth-order valence-electron chi connectivity index (χ4n) is 4.34. The van der Waals surface area contributed by atoms with Gasteiger partial charge in [0.25, 0.3) is 0 Å². The first kappa shape index (κ1) is 24.1. The second kappa shape index (κ2) is 9.31. The molecule has 0 radical (unpaired) electrons. The van der Waals surface area contributed by atoms with E-state index in [1.807, 2.05) is 24.3 Å². The van der Waals surface area contributed by atoms with Gasteiger partial charge >= 0.3 is 6.18 Å². The molecule has 1 atom stereocenters. The molecule has 0 aromatic heterocycles. The van der Waals surface area contributed by atoms with Crippen molar-refractivity contribution in [2.24, 2.45) is 5.92 Å². The van der Waals surface area contributed by atoms with Gasteiger partial charge < -0.3 is 4.90 Å². The van der Waals surface area contributed by atoms with Crippen LogP contribution in [0.5, 0.6) is 0 Å². The molecule has 0 N–H and O–H groups in total. The highest BCUT2D eigenvalue weighted by atomic mass is 32.2. The lowest BCUT2D eigenvalue weighted by atomic mass is 9.96. The van der Waals surface area contributed by atoms with Gasteiger partial charge in [-0.2, -0.15) is 17.5 Å². The summed E-state index contributed by atoms with van der Waals surface area (Å²) < 4.78 is 67.2. The Bertz CT molecular complexity index is 1130. The Kier molecular flexibility index (Phi) is 6.80. The molecule has 1 fully saturated rings. The predicted molar refractivity (Wildman–Crippen MR) is 122 cm³/mol. The van der Waals surface area contributed by atoms with E-state index in [9.17, 15) is 26.4 Å². The maximum atomic E-state index is 13.4. The van der Waals surface area contributed by atoms with Crippen molar-refractivity contribution in [3.63, 3.8) is 0 Å². The molecule has 0 bridgehead atoms. The molecule has 1 saturated heterocycles. The second-order valence-corrected chi connectivity index (χ2v) is 11.7. The van der Waals surface area contributed by atoms with Gasteiger partial charge in [-0.25, -0.2) is 8.42 Å². The number of fused-ring (bicyclic) bond motifs is 1. The van der Waals surface area contributed by atoms with Crippen LogP contribution in [-0.2, 0) is 21.0 Å². The zero-order chi connectivity index (χ0) is 23.8. The van der Waals surface area contributed by atoms with Crippen molar-refractivity contribution in [3.8, 4) is 0 Å². The Balaban J connectivity index is 1.50. The minimum atomic E-state index is -4.77. The third kappa shape index (κ3) is 4.93. The van der Waals surface area contributed by atoms with Crippen LogP contribution in [0.15, 0.2) is 58.3 Å². The zero-order valence-corrected chi connectivity index (χ0v) is 19.7. The van der Waals surface area contributed by atoms with Gasteiger partial charge in [0.1, 0.15) is 0 Å². The van der Waals surface area contributed by atoms with Crippen LogP contribution in [0.1, 0.15) is 31.7 Å². The third-order valence-corrected chi connectivity index (χ3v) is 9.32. The highest BCUT2D eigenvalue weighted by Crippen LogP contribution is 2.39. The predicted octanol–water partition coefficient (Wildman–Crippen LogP) is 5.02. The smallest absolute Gasteiger partial charge is 0.311 e. The summed E-state index contributed by atoms with van der Waals surface area (Å²) in [5, 5.41) is 0.365. The Hall–Kier alpha value is -2.04. The largest absolute Gasteiger partial charge is 0.417 e. The summed E-state index contributed by atoms with van der Waals surface area (Å²) >= 11 is 1.73. The fourth-order valence-corrected chi connectivity index (χ4v) is 7.14. The number of halogens is 3. The van der Waals surface area contributed by atoms with Crippen LogP contribution in [0, 0.1) is 5.92 Å². The molecule has 0 unspecified atom stereocenters. The number of alkyl halides is 3. The van der Waals surface area contributed by atoms with Crippen LogP contribution in [0.25, 0.3) is 0 Å². The van der Waals surface area contributed by atoms with E-state index in [0.717, 1.165) is 33.4 Å². The monoisotopic (exact) mass is 498 g/mol. The lowest BCUT2D eigenvalue weighted by Gasteiger charge is -2.34. The van der Waals surface area contributed by atoms with Crippen LogP contribution in [0.3, 0.4) is 0 Å². The third-order valence-electron chi connectivity index (χ3n) is 6.12. The van der Waals surface area contributed by atoms with E-state index in [-0.39, 0.29) is 37.8 Å². The summed E-state index contributed by atoms with van der Waals surface area (Å²) in [4.78, 5) is 15.5. The number of rotatable bonds is 3. The summed E-state index contributed by atoms with van der Waals surface area (Å²) in [5.74, 6) is -0.425. The first-order chi connectivity index (χ1) is 15.6. The summed E-state index contributed by atoms with van der Waals surface area (Å²) in [5.41, 5.74) is -0.304. The number of para-hydroxylation sites is 1. The van der Waals surface area contributed by atoms with Gasteiger partial charge in [0.2, 0.25) is 15.9 Å². The van der Waals surface area contributed by atoms with E-state index in [4.69, 9.17) is 0 Å². The summed E-state index contributed by atoms with van der Waals surface area (Å²) in [7, 11) is -4.33. The highest BCUT2D eigenvalue weighted by molar-refractivity contribution is 8.00. The maximum absolute atomic E-state index is 13.4. The van der Waals surface area contributed by atoms with Crippen molar-refractivity contribution < 1.29 is 26.4 Å². The molecule has 2 aromatic carbocycles. The molecule has 33 heavy (non-hydrogen) atoms. The number of benzene rings is 2. The molecule has 10 heteroatoms. The minimum absolute atomic E-state index is 0.00553. The van der Waals surface area contributed by atoms with Crippen LogP contribution in [0.4, 0.5) is 18.9 Å². The second-order valence-electron chi connectivity index (χ2n) is 8.35. The Labute approximate surface area is 196 Å². The van der Waals surface area contributed by atoms with Crippen LogP contribution in [0.2, 0.25) is 0 Å². The van der Waals surface area contributed by atoms with Gasteiger partial charge in [-0.1, -0.05) is 31.2 Å². The number of carbonyl (C=O) groups is 1. The SMILES string of the molecule is C[C@@H]1CCN(C(=O)C2CCN(S(=O)(=O)c3ccccc3C(F)(F)F)CC2)c2ccccc2S1. The van der Waals surface area contributed by atoms with Gasteiger partial charge in [0, 0.05) is 35.7 Å². The van der Waals surface area contributed by atoms with Crippen molar-refractivity contribution in [1.29, 1.82) is 0 Å². The molecule has 2 aromatic rings. The van der Waals surface area contributed by atoms with Crippen molar-refractivity contribution in [3.05, 3.63) is 54.1 Å². The molecule has 4 rings (SSSR count). The fraction of sp³-hybridized carbons (Fsp3) is 0.435. The molecule has 2 aliphatic heterocycles. The molecule has 0 saturated carbocycles. The molecule has 5 nitrogen and oxygen atoms in total. The Morgan fingerprint density at radius 1 is 0.970 bits per heavy atom. The highest BCUT2D eigenvalue weighted by Gasteiger charge is 2.41. The van der Waals surface area contributed by atoms with E-state index in [1.54, 1.807) is 16.7 Å². The van der Waals surface area contributed by atoms with Gasteiger partial charge in [-0.05, 0) is 43.5 Å². The number of sulfonamides is 1. The van der Waals surface area contributed by atoms with Gasteiger partial charge in [0.15, 0.2) is 0 Å². The van der Waals surface area contributed by atoms with Crippen molar-refractivity contribution in [2.75, 3.05) is 24.5 Å². The minimum Gasteiger partial charge on any atom is -0.311 e. The summed E-state index contributed by atoms with van der Waals surface area (Å²) in [6.07, 6.45) is -3.39. The van der Waals surface area contributed by atoms with Crippen LogP contribution < -0.4 is 4.90 Å². The van der Waals surface area contributed by atoms with Gasteiger partial charge in [-0.3, -0.25) is 4.79 Å². The number of amides is 1. The lowest BCUT2D eigenvalue weighted by Crippen LogP contribution is -2.45. The summed E-state index contributed by atoms with van der Waals surface area (Å²) in [6.45, 7) is 2.72. The molecule has 2 heterocycles. The number of hydrogen-bond acceptors (Lipinski definition) is 4. The van der Waals surface area contributed by atoms with E-state index in [1.165, 1.54) is 12.1 Å². The van der Waals surface area contributed by atoms with Crippen molar-refractivity contribution in [2.45, 2.75) is 47.4 Å². The number of anilines is 1. The van der Waals surface area contributed by atoms with E-state index < -0.39 is 26.7 Å². The standard InChI is InChI=1S/C23H25F3N2O3S2/c1-16-10-15-28(19-7-3-4-8-20(19)32-16)22(29)17-11-13-27(14-12-17)33(30,31)21-9-5-2-6-18(21)23(24,25)26/h2-9,16-17H,10-15H2,1H3/t16-/m1/s1. The molecule has 1 amide bonds. The van der Waals surface area contributed by atoms with E-state index in [0.29, 0.717) is 11.8 Å². The molecule has 0 aliphatic carbocycles. The average molecular weight is 499 g/mol. The molecule has 0 spiro atoms. The van der Waals surface area contributed by atoms with Crippen LogP contribution >= 0.6 is 11.8 Å². The Morgan fingerprint density at radius 3 is 2.30 bits per heavy atom.